The summed E-state index contributed by atoms with van der Waals surface area (Å²) in [7, 11) is 0. The number of hydrogen-bond donors (Lipinski definition) is 0. The molecule has 2 aromatic heterocycles. The number of pyridine rings is 1. The zero-order valence-corrected chi connectivity index (χ0v) is 14.6. The Balaban J connectivity index is 2.18. The van der Waals surface area contributed by atoms with Gasteiger partial charge in [-0.05, 0) is 36.1 Å². The van der Waals surface area contributed by atoms with Gasteiger partial charge in [0.1, 0.15) is 17.6 Å². The lowest BCUT2D eigenvalue weighted by molar-refractivity contribution is 0.0519. The second kappa shape index (κ2) is 6.58. The van der Waals surface area contributed by atoms with Gasteiger partial charge in [-0.1, -0.05) is 36.4 Å². The second-order valence-electron chi connectivity index (χ2n) is 6.06. The Labute approximate surface area is 155 Å². The first kappa shape index (κ1) is 16.8. The highest BCUT2D eigenvalue weighted by molar-refractivity contribution is 6.08. The van der Waals surface area contributed by atoms with Crippen molar-refractivity contribution in [3.8, 4) is 17.2 Å². The minimum Gasteiger partial charge on any atom is -0.461 e. The molecule has 0 atom stereocenters. The normalized spacial score (nSPS) is 10.9. The summed E-state index contributed by atoms with van der Waals surface area (Å²) < 4.78 is 20.4. The van der Waals surface area contributed by atoms with Crippen molar-refractivity contribution in [3.05, 3.63) is 77.9 Å². The number of nitrogens with zero attached hydrogens (tertiary/aromatic N) is 2. The maximum Gasteiger partial charge on any atom is 0.356 e. The number of carbonyl (C=O) groups is 1. The van der Waals surface area contributed by atoms with Crippen molar-refractivity contribution in [1.29, 1.82) is 5.26 Å². The van der Waals surface area contributed by atoms with Gasteiger partial charge in [-0.2, -0.15) is 5.26 Å². The summed E-state index contributed by atoms with van der Waals surface area (Å²) >= 11 is 0. The highest BCUT2D eigenvalue weighted by atomic mass is 19.1. The summed E-state index contributed by atoms with van der Waals surface area (Å²) in [5.74, 6) is -0.909. The monoisotopic (exact) mass is 358 g/mol. The first-order valence-electron chi connectivity index (χ1n) is 8.54. The summed E-state index contributed by atoms with van der Waals surface area (Å²) in [5, 5.41) is 11.7. The molecule has 5 heteroatoms. The molecule has 0 radical (unpaired) electrons. The molecule has 0 amide bonds. The van der Waals surface area contributed by atoms with E-state index in [1.165, 1.54) is 12.1 Å². The van der Waals surface area contributed by atoms with Gasteiger partial charge in [0.15, 0.2) is 0 Å². The van der Waals surface area contributed by atoms with Gasteiger partial charge in [0.05, 0.1) is 17.7 Å². The van der Waals surface area contributed by atoms with Crippen LogP contribution in [-0.2, 0) is 4.74 Å². The minimum atomic E-state index is -0.524. The lowest BCUT2D eigenvalue weighted by atomic mass is 10.00. The molecule has 0 aliphatic carbocycles. The van der Waals surface area contributed by atoms with Gasteiger partial charge in [0.25, 0.3) is 0 Å². The van der Waals surface area contributed by atoms with Gasteiger partial charge >= 0.3 is 5.97 Å². The van der Waals surface area contributed by atoms with Gasteiger partial charge in [-0.3, -0.25) is 0 Å². The van der Waals surface area contributed by atoms with E-state index in [2.05, 4.69) is 6.07 Å². The van der Waals surface area contributed by atoms with E-state index in [1.807, 2.05) is 30.3 Å². The second-order valence-corrected chi connectivity index (χ2v) is 6.06. The Bertz CT molecular complexity index is 1220. The zero-order chi connectivity index (χ0) is 19.0. The van der Waals surface area contributed by atoms with Crippen LogP contribution in [-0.4, -0.2) is 17.0 Å². The summed E-state index contributed by atoms with van der Waals surface area (Å²) in [6, 6.07) is 17.5. The molecule has 0 saturated heterocycles. The Morgan fingerprint density at radius 2 is 1.89 bits per heavy atom. The Morgan fingerprint density at radius 1 is 1.15 bits per heavy atom. The minimum absolute atomic E-state index is 0.213. The summed E-state index contributed by atoms with van der Waals surface area (Å²) in [6.07, 6.45) is 1.76. The molecule has 0 unspecified atom stereocenters. The van der Waals surface area contributed by atoms with E-state index in [0.29, 0.717) is 22.2 Å². The molecule has 0 fully saturated rings. The highest BCUT2D eigenvalue weighted by Crippen LogP contribution is 2.36. The Hall–Kier alpha value is -3.65. The molecule has 132 valence electrons. The average molecular weight is 358 g/mol. The molecule has 0 spiro atoms. The Kier molecular flexibility index (Phi) is 4.09. The molecule has 0 aliphatic rings. The fraction of sp³-hybridized carbons (Fsp3) is 0.0909. The summed E-state index contributed by atoms with van der Waals surface area (Å²) in [4.78, 5) is 12.8. The summed E-state index contributed by atoms with van der Waals surface area (Å²) in [5.41, 5.74) is 2.30. The van der Waals surface area contributed by atoms with Gasteiger partial charge < -0.3 is 9.14 Å². The van der Waals surface area contributed by atoms with E-state index in [-0.39, 0.29) is 18.1 Å². The zero-order valence-electron chi connectivity index (χ0n) is 14.6. The van der Waals surface area contributed by atoms with Crippen LogP contribution in [0.15, 0.2) is 60.8 Å². The quantitative estimate of drug-likeness (QED) is 0.487. The van der Waals surface area contributed by atoms with Crippen molar-refractivity contribution < 1.29 is 13.9 Å². The van der Waals surface area contributed by atoms with E-state index < -0.39 is 5.97 Å². The first-order valence-corrected chi connectivity index (χ1v) is 8.54. The van der Waals surface area contributed by atoms with Crippen LogP contribution in [0.2, 0.25) is 0 Å². The van der Waals surface area contributed by atoms with Crippen LogP contribution in [0.1, 0.15) is 23.0 Å². The molecular weight excluding hydrogens is 343 g/mol. The van der Waals surface area contributed by atoms with E-state index in [0.717, 1.165) is 10.8 Å². The number of nitriles is 1. The number of hydrogen-bond acceptors (Lipinski definition) is 3. The van der Waals surface area contributed by atoms with E-state index >= 15 is 0 Å². The number of halogens is 1. The van der Waals surface area contributed by atoms with Gasteiger partial charge in [0.2, 0.25) is 0 Å². The van der Waals surface area contributed by atoms with Crippen molar-refractivity contribution in [1.82, 2.24) is 4.40 Å². The van der Waals surface area contributed by atoms with Crippen molar-refractivity contribution in [2.45, 2.75) is 6.92 Å². The molecular formula is C22H15FN2O2. The molecule has 2 aromatic carbocycles. The Morgan fingerprint density at radius 3 is 2.59 bits per heavy atom. The molecule has 4 nitrogen and oxygen atoms in total. The topological polar surface area (TPSA) is 54.5 Å². The molecule has 4 aromatic rings. The number of carbonyl (C=O) groups excluding carboxylic acids is 1. The molecule has 27 heavy (non-hydrogen) atoms. The SMILES string of the molecule is CCOC(=O)c1c(-c2ccc(F)cc2)c(C#N)c2c3ccccc3ccn12. The lowest BCUT2D eigenvalue weighted by Crippen LogP contribution is -2.09. The molecule has 4 rings (SSSR count). The fourth-order valence-electron chi connectivity index (χ4n) is 3.42. The third kappa shape index (κ3) is 2.63. The predicted molar refractivity (Wildman–Crippen MR) is 101 cm³/mol. The number of fused-ring (bicyclic) bond motifs is 3. The van der Waals surface area contributed by atoms with E-state index in [1.54, 1.807) is 29.7 Å². The van der Waals surface area contributed by atoms with E-state index in [4.69, 9.17) is 4.74 Å². The van der Waals surface area contributed by atoms with Crippen molar-refractivity contribution in [2.75, 3.05) is 6.61 Å². The molecule has 2 heterocycles. The smallest absolute Gasteiger partial charge is 0.356 e. The van der Waals surface area contributed by atoms with Gasteiger partial charge in [-0.15, -0.1) is 0 Å². The van der Waals surface area contributed by atoms with Crippen molar-refractivity contribution >= 4 is 22.3 Å². The molecule has 0 N–H and O–H groups in total. The van der Waals surface area contributed by atoms with Crippen LogP contribution in [0.4, 0.5) is 4.39 Å². The first-order chi connectivity index (χ1) is 13.2. The predicted octanol–water partition coefficient (Wildman–Crippen LogP) is 4.95. The maximum absolute atomic E-state index is 13.4. The maximum atomic E-state index is 13.4. The van der Waals surface area contributed by atoms with Crippen LogP contribution < -0.4 is 0 Å². The standard InChI is InChI=1S/C22H15FN2O2/c1-2-27-22(26)21-19(15-7-9-16(23)10-8-15)18(13-24)20-17-6-4-3-5-14(17)11-12-25(20)21/h3-12H,2H2,1H3. The number of ether oxygens (including phenoxy) is 1. The number of esters is 1. The van der Waals surface area contributed by atoms with Crippen molar-refractivity contribution in [3.63, 3.8) is 0 Å². The lowest BCUT2D eigenvalue weighted by Gasteiger charge is -2.07. The van der Waals surface area contributed by atoms with E-state index in [9.17, 15) is 14.4 Å². The average Bonchev–Trinajstić information content (AvgIpc) is 3.03. The van der Waals surface area contributed by atoms with Crippen LogP contribution in [0.5, 0.6) is 0 Å². The van der Waals surface area contributed by atoms with Gasteiger partial charge in [-0.25, -0.2) is 9.18 Å². The largest absolute Gasteiger partial charge is 0.461 e. The van der Waals surface area contributed by atoms with Crippen LogP contribution >= 0.6 is 0 Å². The van der Waals surface area contributed by atoms with Crippen LogP contribution in [0.25, 0.3) is 27.4 Å². The third-order valence-electron chi connectivity index (χ3n) is 4.54. The van der Waals surface area contributed by atoms with Crippen LogP contribution in [0, 0.1) is 17.1 Å². The fourth-order valence-corrected chi connectivity index (χ4v) is 3.42. The molecule has 0 aliphatic heterocycles. The number of benzene rings is 2. The summed E-state index contributed by atoms with van der Waals surface area (Å²) in [6.45, 7) is 1.94. The van der Waals surface area contributed by atoms with Crippen LogP contribution in [0.3, 0.4) is 0 Å². The number of rotatable bonds is 3. The third-order valence-corrected chi connectivity index (χ3v) is 4.54. The number of aromatic nitrogens is 1. The highest BCUT2D eigenvalue weighted by Gasteiger charge is 2.26. The molecule has 0 saturated carbocycles. The molecule has 0 bridgehead atoms. The van der Waals surface area contributed by atoms with Gasteiger partial charge in [0, 0.05) is 17.1 Å². The van der Waals surface area contributed by atoms with Crippen molar-refractivity contribution in [2.24, 2.45) is 0 Å².